The normalized spacial score (nSPS) is 13.4. The number of Topliss-reactive ketones (excluding diaryl/α,β-unsaturated/α-hetero) is 3. The predicted molar refractivity (Wildman–Crippen MR) is 104 cm³/mol. The van der Waals surface area contributed by atoms with Gasteiger partial charge in [-0.2, -0.15) is 0 Å². The Morgan fingerprint density at radius 2 is 0.773 bits per heavy atom. The summed E-state index contributed by atoms with van der Waals surface area (Å²) in [5.41, 5.74) is -0.835. The number of carbonyl (C=O) groups excluding carboxylic acids is 3. The zero-order valence-corrected chi connectivity index (χ0v) is 18.2. The molecule has 0 bridgehead atoms. The standard InChI is InChI=1S/C15H27O3PS3/c1-10(16)13(4,5)20-19(21-14(6,7)11(2)17)22-15(8,9)12(3)18/h1-9H3. The van der Waals surface area contributed by atoms with Crippen molar-refractivity contribution in [2.24, 2.45) is 0 Å². The third-order valence-electron chi connectivity index (χ3n) is 3.45. The molecule has 3 nitrogen and oxygen atoms in total. The summed E-state index contributed by atoms with van der Waals surface area (Å²) in [4.78, 5) is 35.5. The summed E-state index contributed by atoms with van der Waals surface area (Å²) in [6.07, 6.45) is 0. The monoisotopic (exact) mass is 382 g/mol. The van der Waals surface area contributed by atoms with Gasteiger partial charge in [-0.15, -0.1) is 0 Å². The van der Waals surface area contributed by atoms with Crippen LogP contribution in [-0.2, 0) is 14.4 Å². The molecule has 0 aliphatic heterocycles. The summed E-state index contributed by atoms with van der Waals surface area (Å²) < 4.78 is -1.57. The molecule has 7 heteroatoms. The van der Waals surface area contributed by atoms with Crippen LogP contribution >= 0.6 is 39.7 Å². The van der Waals surface area contributed by atoms with Crippen molar-refractivity contribution in [1.82, 2.24) is 0 Å². The Kier molecular flexibility index (Phi) is 8.22. The Morgan fingerprint density at radius 1 is 0.591 bits per heavy atom. The number of hydrogen-bond donors (Lipinski definition) is 0. The second-order valence-electron chi connectivity index (χ2n) is 6.70. The fraction of sp³-hybridized carbons (Fsp3) is 0.800. The molecule has 0 aromatic heterocycles. The van der Waals surface area contributed by atoms with E-state index in [-0.39, 0.29) is 17.3 Å². The smallest absolute Gasteiger partial charge is 0.145 e. The van der Waals surface area contributed by atoms with Crippen molar-refractivity contribution in [2.45, 2.75) is 76.6 Å². The van der Waals surface area contributed by atoms with E-state index in [1.165, 1.54) is 0 Å². The molecule has 0 rings (SSSR count). The SMILES string of the molecule is CC(=O)C(C)(C)SP(SC(C)(C)C(C)=O)SC(C)(C)C(C)=O. The zero-order chi connectivity index (χ0) is 17.9. The molecule has 0 unspecified atom stereocenters. The lowest BCUT2D eigenvalue weighted by Crippen LogP contribution is -2.28. The van der Waals surface area contributed by atoms with E-state index in [0.29, 0.717) is 0 Å². The van der Waals surface area contributed by atoms with Crippen LogP contribution in [0, 0.1) is 0 Å². The lowest BCUT2D eigenvalue weighted by atomic mass is 10.1. The summed E-state index contributed by atoms with van der Waals surface area (Å²) in [5, 5.41) is 0. The van der Waals surface area contributed by atoms with Crippen molar-refractivity contribution in [1.29, 1.82) is 0 Å². The van der Waals surface area contributed by atoms with Gasteiger partial charge in [0.15, 0.2) is 0 Å². The van der Waals surface area contributed by atoms with E-state index < -0.39 is 19.8 Å². The minimum Gasteiger partial charge on any atom is -0.298 e. The van der Waals surface area contributed by atoms with Gasteiger partial charge in [0.1, 0.15) is 17.3 Å². The van der Waals surface area contributed by atoms with Gasteiger partial charge < -0.3 is 0 Å². The van der Waals surface area contributed by atoms with Gasteiger partial charge in [0, 0.05) is 0 Å². The predicted octanol–water partition coefficient (Wildman–Crippen LogP) is 5.52. The molecule has 0 heterocycles. The second kappa shape index (κ2) is 8.04. The third-order valence-corrected chi connectivity index (χ3v) is 15.6. The molecule has 0 spiro atoms. The third kappa shape index (κ3) is 6.94. The minimum absolute atomic E-state index is 0.104. The van der Waals surface area contributed by atoms with E-state index in [0.717, 1.165) is 0 Å². The first-order valence-electron chi connectivity index (χ1n) is 7.02. The lowest BCUT2D eigenvalue weighted by molar-refractivity contribution is -0.119. The maximum absolute atomic E-state index is 11.8. The zero-order valence-electron chi connectivity index (χ0n) is 14.9. The molecule has 0 radical (unpaired) electrons. The van der Waals surface area contributed by atoms with Crippen molar-refractivity contribution in [2.75, 3.05) is 0 Å². The van der Waals surface area contributed by atoms with E-state index in [9.17, 15) is 14.4 Å². The van der Waals surface area contributed by atoms with Crippen molar-refractivity contribution >= 4 is 57.0 Å². The Bertz CT molecular complexity index is 392. The molecular weight excluding hydrogens is 355 g/mol. The van der Waals surface area contributed by atoms with E-state index in [1.807, 2.05) is 41.5 Å². The van der Waals surface area contributed by atoms with Crippen LogP contribution in [0.15, 0.2) is 0 Å². The topological polar surface area (TPSA) is 51.2 Å². The summed E-state index contributed by atoms with van der Waals surface area (Å²) in [7, 11) is 0. The van der Waals surface area contributed by atoms with Crippen LogP contribution in [0.1, 0.15) is 62.3 Å². The van der Waals surface area contributed by atoms with E-state index in [1.54, 1.807) is 54.9 Å². The Morgan fingerprint density at radius 3 is 0.909 bits per heavy atom. The highest BCUT2D eigenvalue weighted by Gasteiger charge is 2.39. The fourth-order valence-electron chi connectivity index (χ4n) is 0.808. The van der Waals surface area contributed by atoms with E-state index >= 15 is 0 Å². The average Bonchev–Trinajstić information content (AvgIpc) is 2.25. The molecule has 0 N–H and O–H groups in total. The van der Waals surface area contributed by atoms with Crippen LogP contribution in [0.4, 0.5) is 0 Å². The lowest BCUT2D eigenvalue weighted by Gasteiger charge is -2.34. The first-order chi connectivity index (χ1) is 9.62. The molecule has 0 amide bonds. The van der Waals surface area contributed by atoms with Crippen molar-refractivity contribution in [3.05, 3.63) is 0 Å². The minimum atomic E-state index is -0.835. The van der Waals surface area contributed by atoms with E-state index in [4.69, 9.17) is 0 Å². The molecule has 0 aromatic rings. The van der Waals surface area contributed by atoms with Gasteiger partial charge in [-0.3, -0.25) is 14.4 Å². The Hall–Kier alpha value is 0.490. The number of carbonyl (C=O) groups is 3. The highest BCUT2D eigenvalue weighted by atomic mass is 33.4. The quantitative estimate of drug-likeness (QED) is 0.490. The van der Waals surface area contributed by atoms with Crippen LogP contribution in [0.3, 0.4) is 0 Å². The van der Waals surface area contributed by atoms with Gasteiger partial charge >= 0.3 is 0 Å². The van der Waals surface area contributed by atoms with Crippen LogP contribution < -0.4 is 0 Å². The number of rotatable bonds is 9. The maximum Gasteiger partial charge on any atom is 0.145 e. The first kappa shape index (κ1) is 22.5. The Balaban J connectivity index is 5.37. The van der Waals surface area contributed by atoms with Gasteiger partial charge in [-0.1, -0.05) is 34.1 Å². The molecule has 0 atom stereocenters. The molecule has 0 saturated heterocycles. The number of hydrogen-bond acceptors (Lipinski definition) is 6. The van der Waals surface area contributed by atoms with E-state index in [2.05, 4.69) is 0 Å². The van der Waals surface area contributed by atoms with Crippen LogP contribution in [0.5, 0.6) is 0 Å². The van der Waals surface area contributed by atoms with Crippen molar-refractivity contribution in [3.8, 4) is 0 Å². The second-order valence-corrected chi connectivity index (χ2v) is 17.8. The van der Waals surface area contributed by atoms with Crippen molar-refractivity contribution in [3.63, 3.8) is 0 Å². The molecule has 0 aliphatic carbocycles. The summed E-state index contributed by atoms with van der Waals surface area (Å²) in [6.45, 7) is 16.2. The average molecular weight is 383 g/mol. The highest BCUT2D eigenvalue weighted by molar-refractivity contribution is 9.13. The van der Waals surface area contributed by atoms with Crippen molar-refractivity contribution < 1.29 is 14.4 Å². The summed E-state index contributed by atoms with van der Waals surface area (Å²) in [5.74, 6) is 0.312. The molecule has 0 fully saturated rings. The van der Waals surface area contributed by atoms with Gasteiger partial charge in [0.25, 0.3) is 0 Å². The summed E-state index contributed by atoms with van der Waals surface area (Å²) in [6, 6.07) is 0. The Labute approximate surface area is 147 Å². The molecule has 0 aromatic carbocycles. The highest BCUT2D eigenvalue weighted by Crippen LogP contribution is 2.78. The van der Waals surface area contributed by atoms with Gasteiger partial charge in [-0.05, 0) is 62.3 Å². The molecule has 0 saturated carbocycles. The van der Waals surface area contributed by atoms with Crippen LogP contribution in [0.25, 0.3) is 0 Å². The first-order valence-corrected chi connectivity index (χ1v) is 12.6. The van der Waals surface area contributed by atoms with Crippen LogP contribution in [0.2, 0.25) is 0 Å². The molecule has 22 heavy (non-hydrogen) atoms. The fourth-order valence-corrected chi connectivity index (χ4v) is 18.3. The van der Waals surface area contributed by atoms with Crippen LogP contribution in [-0.4, -0.2) is 31.6 Å². The maximum atomic E-state index is 11.8. The molecule has 0 aliphatic rings. The molecular formula is C15H27O3PS3. The van der Waals surface area contributed by atoms with Gasteiger partial charge in [-0.25, -0.2) is 0 Å². The van der Waals surface area contributed by atoms with Gasteiger partial charge in [0.05, 0.1) is 19.8 Å². The van der Waals surface area contributed by atoms with Gasteiger partial charge in [0.2, 0.25) is 0 Å². The number of ketones is 3. The summed E-state index contributed by atoms with van der Waals surface area (Å²) >= 11 is 4.74. The molecule has 128 valence electrons. The largest absolute Gasteiger partial charge is 0.298 e.